The van der Waals surface area contributed by atoms with E-state index in [0.29, 0.717) is 5.69 Å². The smallest absolute Gasteiger partial charge is 0.240 e. The van der Waals surface area contributed by atoms with E-state index in [1.54, 1.807) is 36.7 Å². The van der Waals surface area contributed by atoms with Crippen molar-refractivity contribution >= 4 is 15.7 Å². The van der Waals surface area contributed by atoms with Crippen LogP contribution in [0.15, 0.2) is 53.7 Å². The van der Waals surface area contributed by atoms with Crippen molar-refractivity contribution in [2.45, 2.75) is 11.4 Å². The van der Waals surface area contributed by atoms with E-state index in [4.69, 9.17) is 5.84 Å². The van der Waals surface area contributed by atoms with Crippen molar-refractivity contribution in [1.29, 1.82) is 0 Å². The Hall–Kier alpha value is -1.96. The third kappa shape index (κ3) is 3.50. The van der Waals surface area contributed by atoms with Crippen molar-refractivity contribution in [1.82, 2.24) is 9.71 Å². The van der Waals surface area contributed by atoms with Gasteiger partial charge in [-0.3, -0.25) is 10.8 Å². The number of aromatic nitrogens is 1. The Bertz CT molecular complexity index is 627. The first-order chi connectivity index (χ1) is 9.12. The van der Waals surface area contributed by atoms with Crippen LogP contribution in [-0.2, 0) is 16.6 Å². The van der Waals surface area contributed by atoms with Crippen molar-refractivity contribution in [3.05, 3.63) is 54.4 Å². The quantitative estimate of drug-likeness (QED) is 0.556. The van der Waals surface area contributed by atoms with Gasteiger partial charge < -0.3 is 5.43 Å². The van der Waals surface area contributed by atoms with Crippen molar-refractivity contribution < 1.29 is 8.42 Å². The van der Waals surface area contributed by atoms with Gasteiger partial charge in [-0.15, -0.1) is 0 Å². The van der Waals surface area contributed by atoms with Gasteiger partial charge in [0.1, 0.15) is 0 Å². The molecule has 0 saturated heterocycles. The lowest BCUT2D eigenvalue weighted by Gasteiger charge is -2.07. The highest BCUT2D eigenvalue weighted by Gasteiger charge is 2.13. The summed E-state index contributed by atoms with van der Waals surface area (Å²) < 4.78 is 26.6. The Kier molecular flexibility index (Phi) is 4.10. The fourth-order valence-corrected chi connectivity index (χ4v) is 2.51. The van der Waals surface area contributed by atoms with Crippen LogP contribution in [0.5, 0.6) is 0 Å². The lowest BCUT2D eigenvalue weighted by molar-refractivity contribution is 0.581. The number of hydrogen-bond donors (Lipinski definition) is 3. The van der Waals surface area contributed by atoms with Gasteiger partial charge >= 0.3 is 0 Å². The van der Waals surface area contributed by atoms with Crippen molar-refractivity contribution in [2.24, 2.45) is 5.84 Å². The molecule has 0 aliphatic carbocycles. The number of benzene rings is 1. The molecule has 0 saturated carbocycles. The Balaban J connectivity index is 2.09. The third-order valence-corrected chi connectivity index (χ3v) is 3.96. The summed E-state index contributed by atoms with van der Waals surface area (Å²) in [7, 11) is -3.52. The minimum atomic E-state index is -3.52. The van der Waals surface area contributed by atoms with Gasteiger partial charge in [0.2, 0.25) is 10.0 Å². The molecule has 1 heterocycles. The summed E-state index contributed by atoms with van der Waals surface area (Å²) in [5, 5.41) is 0. The van der Waals surface area contributed by atoms with E-state index in [0.717, 1.165) is 5.56 Å². The van der Waals surface area contributed by atoms with Crippen LogP contribution in [0.2, 0.25) is 0 Å². The summed E-state index contributed by atoms with van der Waals surface area (Å²) in [6.07, 6.45) is 3.23. The fourth-order valence-electron chi connectivity index (χ4n) is 1.49. The number of nitrogens with one attached hydrogen (secondary N) is 2. The number of nitrogens with zero attached hydrogens (tertiary/aromatic N) is 1. The van der Waals surface area contributed by atoms with Gasteiger partial charge in [-0.1, -0.05) is 0 Å². The van der Waals surface area contributed by atoms with E-state index in [2.05, 4.69) is 15.1 Å². The molecule has 0 atom stereocenters. The van der Waals surface area contributed by atoms with E-state index in [1.807, 2.05) is 0 Å². The first kappa shape index (κ1) is 13.5. The van der Waals surface area contributed by atoms with Gasteiger partial charge in [-0.25, -0.2) is 13.1 Å². The molecule has 0 amide bonds. The number of sulfonamides is 1. The number of nitrogens with two attached hydrogens (primary N) is 1. The molecule has 0 radical (unpaired) electrons. The van der Waals surface area contributed by atoms with Crippen LogP contribution in [0.25, 0.3) is 0 Å². The largest absolute Gasteiger partial charge is 0.324 e. The zero-order valence-corrected chi connectivity index (χ0v) is 10.9. The summed E-state index contributed by atoms with van der Waals surface area (Å²) in [5.41, 5.74) is 3.93. The minimum Gasteiger partial charge on any atom is -0.324 e. The van der Waals surface area contributed by atoms with Crippen molar-refractivity contribution in [3.63, 3.8) is 0 Å². The maximum atomic E-state index is 12.0. The molecule has 0 aliphatic heterocycles. The number of nitrogen functional groups attached to an aromatic ring is 1. The highest BCUT2D eigenvalue weighted by atomic mass is 32.2. The van der Waals surface area contributed by atoms with Gasteiger partial charge in [0, 0.05) is 24.6 Å². The molecule has 7 heteroatoms. The number of anilines is 1. The average molecular weight is 278 g/mol. The zero-order chi connectivity index (χ0) is 13.7. The Labute approximate surface area is 111 Å². The highest BCUT2D eigenvalue weighted by Crippen LogP contribution is 2.13. The van der Waals surface area contributed by atoms with Gasteiger partial charge in [0.25, 0.3) is 0 Å². The summed E-state index contributed by atoms with van der Waals surface area (Å²) >= 11 is 0. The summed E-state index contributed by atoms with van der Waals surface area (Å²) in [5.74, 6) is 5.22. The van der Waals surface area contributed by atoms with E-state index in [-0.39, 0.29) is 11.4 Å². The lowest BCUT2D eigenvalue weighted by Crippen LogP contribution is -2.23. The molecule has 1 aromatic carbocycles. The van der Waals surface area contributed by atoms with Gasteiger partial charge in [0.15, 0.2) is 0 Å². The summed E-state index contributed by atoms with van der Waals surface area (Å²) in [4.78, 5) is 4.07. The fraction of sp³-hybridized carbons (Fsp3) is 0.0833. The van der Waals surface area contributed by atoms with Crippen LogP contribution < -0.4 is 16.0 Å². The van der Waals surface area contributed by atoms with Crippen LogP contribution in [0.1, 0.15) is 5.56 Å². The molecule has 0 unspecified atom stereocenters. The monoisotopic (exact) mass is 278 g/mol. The molecular weight excluding hydrogens is 264 g/mol. The van der Waals surface area contributed by atoms with Crippen LogP contribution >= 0.6 is 0 Å². The molecule has 0 aliphatic rings. The summed E-state index contributed by atoms with van der Waals surface area (Å²) in [6, 6.07) is 9.68. The molecule has 19 heavy (non-hydrogen) atoms. The Morgan fingerprint density at radius 2 is 1.68 bits per heavy atom. The molecule has 2 rings (SSSR count). The van der Waals surface area contributed by atoms with Gasteiger partial charge in [-0.05, 0) is 42.0 Å². The standard InChI is InChI=1S/C12H14N4O2S/c13-16-11-1-3-12(4-2-11)19(17,18)15-9-10-5-7-14-8-6-10/h1-8,15-16H,9,13H2. The molecule has 2 aromatic rings. The predicted octanol–water partition coefficient (Wildman–Crippen LogP) is 0.846. The number of rotatable bonds is 5. The van der Waals surface area contributed by atoms with E-state index < -0.39 is 10.0 Å². The third-order valence-electron chi connectivity index (χ3n) is 2.55. The van der Waals surface area contributed by atoms with Crippen molar-refractivity contribution in [3.8, 4) is 0 Å². The Morgan fingerprint density at radius 1 is 1.05 bits per heavy atom. The minimum absolute atomic E-state index is 0.195. The van der Waals surface area contributed by atoms with Crippen LogP contribution in [0.4, 0.5) is 5.69 Å². The van der Waals surface area contributed by atoms with E-state index >= 15 is 0 Å². The average Bonchev–Trinajstić information content (AvgIpc) is 2.46. The number of pyridine rings is 1. The topological polar surface area (TPSA) is 97.1 Å². The van der Waals surface area contributed by atoms with Crippen LogP contribution in [0, 0.1) is 0 Å². The van der Waals surface area contributed by atoms with E-state index in [9.17, 15) is 8.42 Å². The SMILES string of the molecule is NNc1ccc(S(=O)(=O)NCc2ccncc2)cc1. The molecular formula is C12H14N4O2S. The maximum Gasteiger partial charge on any atom is 0.240 e. The molecule has 0 spiro atoms. The summed E-state index contributed by atoms with van der Waals surface area (Å²) in [6.45, 7) is 0.224. The molecule has 100 valence electrons. The second-order valence-electron chi connectivity index (χ2n) is 3.85. The maximum absolute atomic E-state index is 12.0. The second kappa shape index (κ2) is 5.79. The predicted molar refractivity (Wildman–Crippen MR) is 72.5 cm³/mol. The Morgan fingerprint density at radius 3 is 2.26 bits per heavy atom. The highest BCUT2D eigenvalue weighted by molar-refractivity contribution is 7.89. The van der Waals surface area contributed by atoms with Crippen molar-refractivity contribution in [2.75, 3.05) is 5.43 Å². The molecule has 0 bridgehead atoms. The van der Waals surface area contributed by atoms with Gasteiger partial charge in [-0.2, -0.15) is 0 Å². The van der Waals surface area contributed by atoms with E-state index in [1.165, 1.54) is 12.1 Å². The molecule has 4 N–H and O–H groups in total. The zero-order valence-electron chi connectivity index (χ0n) is 10.1. The first-order valence-corrected chi connectivity index (χ1v) is 7.05. The van der Waals surface area contributed by atoms with Crippen LogP contribution in [0.3, 0.4) is 0 Å². The normalized spacial score (nSPS) is 11.2. The van der Waals surface area contributed by atoms with Crippen LogP contribution in [-0.4, -0.2) is 13.4 Å². The number of hydrogen-bond acceptors (Lipinski definition) is 5. The second-order valence-corrected chi connectivity index (χ2v) is 5.62. The lowest BCUT2D eigenvalue weighted by atomic mass is 10.3. The van der Waals surface area contributed by atoms with Gasteiger partial charge in [0.05, 0.1) is 4.90 Å². The number of hydrazine groups is 1. The first-order valence-electron chi connectivity index (χ1n) is 5.57. The molecule has 0 fully saturated rings. The molecule has 1 aromatic heterocycles. The molecule has 6 nitrogen and oxygen atoms in total.